The maximum atomic E-state index is 16.2. The van der Waals surface area contributed by atoms with Gasteiger partial charge in [0.2, 0.25) is 0 Å². The molecule has 8 nitrogen and oxygen atoms in total. The number of amidine groups is 2. The van der Waals surface area contributed by atoms with Crippen molar-refractivity contribution in [1.82, 2.24) is 10.2 Å². The summed E-state index contributed by atoms with van der Waals surface area (Å²) in [4.78, 5) is 15.4. The van der Waals surface area contributed by atoms with Gasteiger partial charge in [0.1, 0.15) is 29.0 Å². The maximum absolute atomic E-state index is 16.2. The van der Waals surface area contributed by atoms with Crippen LogP contribution in [-0.2, 0) is 21.1 Å². The molecule has 3 N–H and O–H groups in total. The van der Waals surface area contributed by atoms with Gasteiger partial charge in [0.25, 0.3) is 5.91 Å². The Kier molecular flexibility index (Phi) is 11.7. The molecule has 0 aliphatic carbocycles. The van der Waals surface area contributed by atoms with Crippen LogP contribution in [0.2, 0.25) is 0 Å². The molecular weight excluding hydrogens is 676 g/mol. The van der Waals surface area contributed by atoms with Crippen LogP contribution >= 0.6 is 0 Å². The number of amides is 1. The van der Waals surface area contributed by atoms with E-state index in [0.717, 1.165) is 12.1 Å². The van der Waals surface area contributed by atoms with Gasteiger partial charge in [-0.15, -0.1) is 0 Å². The highest BCUT2D eigenvalue weighted by atomic mass is 19.4. The van der Waals surface area contributed by atoms with Crippen LogP contribution in [0.3, 0.4) is 0 Å². The van der Waals surface area contributed by atoms with E-state index in [2.05, 4.69) is 5.32 Å². The molecule has 0 fully saturated rings. The normalized spacial score (nSPS) is 13.0. The van der Waals surface area contributed by atoms with Gasteiger partial charge in [-0.3, -0.25) is 15.6 Å². The molecule has 1 amide bonds. The molecule has 1 aliphatic heterocycles. The second-order valence-corrected chi connectivity index (χ2v) is 13.6. The number of nitrogens with zero attached hydrogens (tertiary/aromatic N) is 1. The molecule has 0 unspecified atom stereocenters. The predicted molar refractivity (Wildman–Crippen MR) is 194 cm³/mol. The molecule has 1 aliphatic rings. The second-order valence-electron chi connectivity index (χ2n) is 13.6. The lowest BCUT2D eigenvalue weighted by Crippen LogP contribution is -2.34. The van der Waals surface area contributed by atoms with Crippen molar-refractivity contribution in [2.45, 2.75) is 59.1 Å². The number of benzene rings is 4. The molecule has 0 atom stereocenters. The molecule has 4 aromatic rings. The van der Waals surface area contributed by atoms with E-state index in [-0.39, 0.29) is 28.9 Å². The van der Waals surface area contributed by atoms with E-state index < -0.39 is 23.0 Å². The number of fused-ring (bicyclic) bond motifs is 2. The standard InChI is InChI=1S/C40H44F4N4O4/c1-6-50-20-8-18-48(19-9-21-51-7-2)38(49)25-12-16-28(17-13-25)52-35-32-26(23-30(41)34(35)39(3,4)5)22-29-33(37(46)47-36(29)45)31(32)24-10-14-27(15-11-24)40(42,43)44/h10-17,22-23H,6-9,18-21H2,1-5H3,(H3,45,46,47). The Bertz CT molecular complexity index is 1940. The average Bonchev–Trinajstić information content (AvgIpc) is 3.37. The summed E-state index contributed by atoms with van der Waals surface area (Å²) in [5, 5.41) is 20.6. The van der Waals surface area contributed by atoms with E-state index in [0.29, 0.717) is 96.7 Å². The predicted octanol–water partition coefficient (Wildman–Crippen LogP) is 9.30. The van der Waals surface area contributed by atoms with Crippen LogP contribution in [0, 0.1) is 16.6 Å². The summed E-state index contributed by atoms with van der Waals surface area (Å²) in [7, 11) is 0. The van der Waals surface area contributed by atoms with Gasteiger partial charge < -0.3 is 24.4 Å². The minimum atomic E-state index is -4.57. The largest absolute Gasteiger partial charge is 0.456 e. The molecule has 276 valence electrons. The number of carbonyl (C=O) groups excluding carboxylic acids is 1. The van der Waals surface area contributed by atoms with Gasteiger partial charge in [0.05, 0.1) is 5.56 Å². The topological polar surface area (TPSA) is 108 Å². The van der Waals surface area contributed by atoms with Crippen molar-refractivity contribution in [1.29, 1.82) is 10.8 Å². The third kappa shape index (κ3) is 8.29. The van der Waals surface area contributed by atoms with Crippen molar-refractivity contribution in [3.05, 3.63) is 94.3 Å². The van der Waals surface area contributed by atoms with E-state index in [1.54, 1.807) is 35.2 Å². The van der Waals surface area contributed by atoms with Gasteiger partial charge >= 0.3 is 6.18 Å². The Morgan fingerprint density at radius 3 is 1.96 bits per heavy atom. The lowest BCUT2D eigenvalue weighted by molar-refractivity contribution is -0.137. The van der Waals surface area contributed by atoms with Crippen LogP contribution in [0.1, 0.15) is 80.1 Å². The molecule has 1 heterocycles. The summed E-state index contributed by atoms with van der Waals surface area (Å²) in [6.45, 7) is 12.6. The summed E-state index contributed by atoms with van der Waals surface area (Å²) in [6.07, 6.45) is -3.21. The molecule has 0 radical (unpaired) electrons. The maximum Gasteiger partial charge on any atom is 0.416 e. The van der Waals surface area contributed by atoms with Crippen LogP contribution in [0.25, 0.3) is 21.9 Å². The summed E-state index contributed by atoms with van der Waals surface area (Å²) in [5.41, 5.74) is 0.285. The molecule has 52 heavy (non-hydrogen) atoms. The fourth-order valence-electron chi connectivity index (χ4n) is 6.42. The number of ether oxygens (including phenoxy) is 3. The van der Waals surface area contributed by atoms with Crippen LogP contribution in [0.5, 0.6) is 11.5 Å². The third-order valence-corrected chi connectivity index (χ3v) is 8.80. The smallest absolute Gasteiger partial charge is 0.416 e. The molecule has 0 bridgehead atoms. The average molecular weight is 721 g/mol. The third-order valence-electron chi connectivity index (χ3n) is 8.80. The number of halogens is 4. The van der Waals surface area contributed by atoms with Crippen LogP contribution in [0.4, 0.5) is 17.6 Å². The first kappa shape index (κ1) is 38.4. The Balaban J connectivity index is 1.61. The Morgan fingerprint density at radius 2 is 1.42 bits per heavy atom. The lowest BCUT2D eigenvalue weighted by Gasteiger charge is -2.27. The van der Waals surface area contributed by atoms with Gasteiger partial charge in [0, 0.05) is 72.7 Å². The Labute approximate surface area is 301 Å². The zero-order valence-corrected chi connectivity index (χ0v) is 30.0. The fourth-order valence-corrected chi connectivity index (χ4v) is 6.42. The van der Waals surface area contributed by atoms with Crippen LogP contribution in [0.15, 0.2) is 60.7 Å². The van der Waals surface area contributed by atoms with Crippen molar-refractivity contribution in [3.63, 3.8) is 0 Å². The molecule has 4 aromatic carbocycles. The number of rotatable bonds is 14. The highest BCUT2D eigenvalue weighted by Crippen LogP contribution is 2.48. The molecule has 0 spiro atoms. The summed E-state index contributed by atoms with van der Waals surface area (Å²) in [6, 6.07) is 14.0. The molecule has 12 heteroatoms. The molecule has 0 aromatic heterocycles. The molecule has 0 saturated heterocycles. The number of nitrogens with one attached hydrogen (secondary N) is 3. The number of hydrogen-bond donors (Lipinski definition) is 3. The van der Waals surface area contributed by atoms with E-state index >= 15 is 4.39 Å². The van der Waals surface area contributed by atoms with Gasteiger partial charge in [-0.1, -0.05) is 32.9 Å². The zero-order valence-electron chi connectivity index (χ0n) is 30.0. The highest BCUT2D eigenvalue weighted by Gasteiger charge is 2.34. The number of alkyl halides is 3. The van der Waals surface area contributed by atoms with Crippen molar-refractivity contribution in [2.24, 2.45) is 0 Å². The van der Waals surface area contributed by atoms with Gasteiger partial charge in [0.15, 0.2) is 0 Å². The zero-order chi connectivity index (χ0) is 37.8. The van der Waals surface area contributed by atoms with Crippen molar-refractivity contribution in [3.8, 4) is 22.6 Å². The Morgan fingerprint density at radius 1 is 0.827 bits per heavy atom. The first-order chi connectivity index (χ1) is 24.6. The van der Waals surface area contributed by atoms with Gasteiger partial charge in [-0.05, 0) is 91.6 Å². The number of carbonyl (C=O) groups is 1. The minimum absolute atomic E-state index is 0.0806. The second kappa shape index (κ2) is 15.8. The number of hydrogen-bond acceptors (Lipinski definition) is 6. The quantitative estimate of drug-likeness (QED) is 0.0889. The van der Waals surface area contributed by atoms with Crippen molar-refractivity contribution < 1.29 is 36.6 Å². The van der Waals surface area contributed by atoms with E-state index in [1.165, 1.54) is 18.2 Å². The Hall–Kier alpha value is -4.81. The van der Waals surface area contributed by atoms with Crippen LogP contribution < -0.4 is 10.1 Å². The SMILES string of the molecule is CCOCCCN(CCCOCC)C(=O)c1ccc(Oc2c(C(C)(C)C)c(F)cc3cc4c(c(-c5ccc(C(F)(F)F)cc5)c23)C(=N)NC4=N)cc1. The first-order valence-electron chi connectivity index (χ1n) is 17.3. The summed E-state index contributed by atoms with van der Waals surface area (Å²) >= 11 is 0. The minimum Gasteiger partial charge on any atom is -0.456 e. The molecule has 5 rings (SSSR count). The van der Waals surface area contributed by atoms with E-state index in [4.69, 9.17) is 25.0 Å². The van der Waals surface area contributed by atoms with E-state index in [1.807, 2.05) is 34.6 Å². The highest BCUT2D eigenvalue weighted by molar-refractivity contribution is 6.29. The van der Waals surface area contributed by atoms with Gasteiger partial charge in [-0.25, -0.2) is 4.39 Å². The van der Waals surface area contributed by atoms with E-state index in [9.17, 15) is 18.0 Å². The fraction of sp³-hybridized carbons (Fsp3) is 0.375. The van der Waals surface area contributed by atoms with Crippen molar-refractivity contribution in [2.75, 3.05) is 39.5 Å². The molecule has 0 saturated carbocycles. The molecular formula is C40H44F4N4O4. The van der Waals surface area contributed by atoms with Crippen LogP contribution in [-0.4, -0.2) is 62.0 Å². The monoisotopic (exact) mass is 720 g/mol. The van der Waals surface area contributed by atoms with Crippen molar-refractivity contribution >= 4 is 28.4 Å². The summed E-state index contributed by atoms with van der Waals surface area (Å²) in [5.74, 6) is -0.503. The first-order valence-corrected chi connectivity index (χ1v) is 17.3. The van der Waals surface area contributed by atoms with Gasteiger partial charge in [-0.2, -0.15) is 13.2 Å². The lowest BCUT2D eigenvalue weighted by atomic mass is 9.81. The summed E-state index contributed by atoms with van der Waals surface area (Å²) < 4.78 is 74.4.